The molecule has 1 N–H and O–H groups in total. The molecule has 7 heteroatoms. The number of amides is 1. The number of nitrogens with one attached hydrogen (secondary N) is 1. The Morgan fingerprint density at radius 3 is 2.56 bits per heavy atom. The van der Waals surface area contributed by atoms with Crippen LogP contribution in [0.15, 0.2) is 53.1 Å². The van der Waals surface area contributed by atoms with Crippen LogP contribution in [0.5, 0.6) is 17.2 Å². The third-order valence-electron chi connectivity index (χ3n) is 4.00. The van der Waals surface area contributed by atoms with Gasteiger partial charge in [-0.15, -0.1) is 0 Å². The van der Waals surface area contributed by atoms with E-state index in [-0.39, 0.29) is 11.6 Å². The summed E-state index contributed by atoms with van der Waals surface area (Å²) in [5, 5.41) is 6.66. The average molecular weight is 368 g/mol. The van der Waals surface area contributed by atoms with E-state index in [0.29, 0.717) is 29.6 Å². The summed E-state index contributed by atoms with van der Waals surface area (Å²) in [5.74, 6) is 2.09. The Morgan fingerprint density at radius 2 is 1.81 bits per heavy atom. The molecular formula is C20H20N2O5. The van der Waals surface area contributed by atoms with Crippen LogP contribution in [-0.2, 0) is 6.54 Å². The van der Waals surface area contributed by atoms with E-state index in [1.807, 2.05) is 36.4 Å². The number of carbonyl (C=O) groups is 1. The molecule has 3 rings (SSSR count). The van der Waals surface area contributed by atoms with E-state index in [0.717, 1.165) is 11.1 Å². The smallest absolute Gasteiger partial charge is 0.273 e. The van der Waals surface area contributed by atoms with Crippen molar-refractivity contribution in [1.29, 1.82) is 0 Å². The van der Waals surface area contributed by atoms with E-state index in [1.165, 1.54) is 0 Å². The number of ether oxygens (including phenoxy) is 3. The van der Waals surface area contributed by atoms with E-state index in [1.54, 1.807) is 33.5 Å². The highest BCUT2D eigenvalue weighted by atomic mass is 16.5. The maximum Gasteiger partial charge on any atom is 0.273 e. The number of benzene rings is 2. The molecule has 1 amide bonds. The minimum absolute atomic E-state index is 0.202. The molecule has 3 aromatic rings. The lowest BCUT2D eigenvalue weighted by atomic mass is 10.1. The normalized spacial score (nSPS) is 10.3. The van der Waals surface area contributed by atoms with Gasteiger partial charge in [-0.1, -0.05) is 23.4 Å². The van der Waals surface area contributed by atoms with Crippen molar-refractivity contribution in [2.75, 3.05) is 21.3 Å². The van der Waals surface area contributed by atoms with Gasteiger partial charge in [0.1, 0.15) is 5.75 Å². The Morgan fingerprint density at radius 1 is 1.00 bits per heavy atom. The second kappa shape index (κ2) is 8.27. The molecule has 0 saturated heterocycles. The van der Waals surface area contributed by atoms with Crippen LogP contribution in [0.1, 0.15) is 16.1 Å². The summed E-state index contributed by atoms with van der Waals surface area (Å²) >= 11 is 0. The molecule has 0 aliphatic heterocycles. The van der Waals surface area contributed by atoms with Crippen LogP contribution in [0.2, 0.25) is 0 Å². The number of hydrogen-bond acceptors (Lipinski definition) is 6. The van der Waals surface area contributed by atoms with Crippen LogP contribution < -0.4 is 19.5 Å². The van der Waals surface area contributed by atoms with Crippen molar-refractivity contribution in [1.82, 2.24) is 10.5 Å². The molecule has 0 saturated carbocycles. The van der Waals surface area contributed by atoms with Crippen molar-refractivity contribution in [2.24, 2.45) is 0 Å². The molecule has 7 nitrogen and oxygen atoms in total. The molecule has 0 aliphatic rings. The first-order valence-corrected chi connectivity index (χ1v) is 8.25. The topological polar surface area (TPSA) is 82.8 Å². The lowest BCUT2D eigenvalue weighted by Crippen LogP contribution is -2.23. The number of carbonyl (C=O) groups excluding carboxylic acids is 1. The fourth-order valence-corrected chi connectivity index (χ4v) is 2.56. The molecule has 0 atom stereocenters. The zero-order valence-electron chi connectivity index (χ0n) is 15.3. The fourth-order valence-electron chi connectivity index (χ4n) is 2.56. The van der Waals surface area contributed by atoms with Crippen LogP contribution in [0.25, 0.3) is 11.3 Å². The number of nitrogens with zero attached hydrogens (tertiary/aromatic N) is 1. The molecule has 1 aromatic heterocycles. The molecule has 0 aliphatic carbocycles. The van der Waals surface area contributed by atoms with Crippen LogP contribution in [0.4, 0.5) is 0 Å². The molecule has 0 fully saturated rings. The maximum atomic E-state index is 12.3. The Kier molecular flexibility index (Phi) is 5.61. The van der Waals surface area contributed by atoms with Gasteiger partial charge in [-0.05, 0) is 29.8 Å². The first kappa shape index (κ1) is 18.3. The predicted octanol–water partition coefficient (Wildman–Crippen LogP) is 3.30. The van der Waals surface area contributed by atoms with Crippen LogP contribution in [0, 0.1) is 0 Å². The SMILES string of the molecule is COc1cccc(-c2cc(C(=O)NCc3ccc(OC)c(OC)c3)no2)c1. The summed E-state index contributed by atoms with van der Waals surface area (Å²) in [6.07, 6.45) is 0. The summed E-state index contributed by atoms with van der Waals surface area (Å²) in [6.45, 7) is 0.320. The average Bonchev–Trinajstić information content (AvgIpc) is 3.22. The molecule has 0 spiro atoms. The van der Waals surface area contributed by atoms with Gasteiger partial charge >= 0.3 is 0 Å². The minimum Gasteiger partial charge on any atom is -0.497 e. The van der Waals surface area contributed by atoms with Gasteiger partial charge in [-0.3, -0.25) is 4.79 Å². The molecular weight excluding hydrogens is 348 g/mol. The van der Waals surface area contributed by atoms with Gasteiger partial charge in [0.15, 0.2) is 23.0 Å². The van der Waals surface area contributed by atoms with Gasteiger partial charge in [-0.25, -0.2) is 0 Å². The summed E-state index contributed by atoms with van der Waals surface area (Å²) in [7, 11) is 4.73. The second-order valence-electron chi connectivity index (χ2n) is 5.68. The van der Waals surface area contributed by atoms with Crippen molar-refractivity contribution < 1.29 is 23.5 Å². The number of hydrogen-bond donors (Lipinski definition) is 1. The highest BCUT2D eigenvalue weighted by molar-refractivity contribution is 5.93. The summed E-state index contributed by atoms with van der Waals surface area (Å²) in [4.78, 5) is 12.3. The van der Waals surface area contributed by atoms with E-state index >= 15 is 0 Å². The Hall–Kier alpha value is -3.48. The molecule has 0 unspecified atom stereocenters. The Labute approximate surface area is 156 Å². The molecule has 0 radical (unpaired) electrons. The van der Waals surface area contributed by atoms with Crippen LogP contribution >= 0.6 is 0 Å². The summed E-state index contributed by atoms with van der Waals surface area (Å²) < 4.78 is 20.9. The molecule has 27 heavy (non-hydrogen) atoms. The molecule has 2 aromatic carbocycles. The van der Waals surface area contributed by atoms with Gasteiger partial charge in [0.05, 0.1) is 21.3 Å². The fraction of sp³-hybridized carbons (Fsp3) is 0.200. The standard InChI is InChI=1S/C20H20N2O5/c1-24-15-6-4-5-14(10-15)18-11-16(22-27-18)20(23)21-12-13-7-8-17(25-2)19(9-13)26-3/h4-11H,12H2,1-3H3,(H,21,23). The number of methoxy groups -OCH3 is 3. The van der Waals surface area contributed by atoms with Gasteiger partial charge in [-0.2, -0.15) is 0 Å². The summed E-state index contributed by atoms with van der Waals surface area (Å²) in [6, 6.07) is 14.4. The van der Waals surface area contributed by atoms with Gasteiger partial charge in [0, 0.05) is 18.2 Å². The Bertz CT molecular complexity index is 936. The Balaban J connectivity index is 1.68. The second-order valence-corrected chi connectivity index (χ2v) is 5.68. The van der Waals surface area contributed by atoms with Crippen molar-refractivity contribution in [3.8, 4) is 28.6 Å². The third-order valence-corrected chi connectivity index (χ3v) is 4.00. The van der Waals surface area contributed by atoms with E-state index < -0.39 is 0 Å². The van der Waals surface area contributed by atoms with Gasteiger partial charge < -0.3 is 24.1 Å². The number of rotatable bonds is 7. The molecule has 140 valence electrons. The van der Waals surface area contributed by atoms with Gasteiger partial charge in [0.25, 0.3) is 5.91 Å². The van der Waals surface area contributed by atoms with E-state index in [9.17, 15) is 4.79 Å². The zero-order chi connectivity index (χ0) is 19.2. The van der Waals surface area contributed by atoms with Crippen LogP contribution in [-0.4, -0.2) is 32.4 Å². The predicted molar refractivity (Wildman–Crippen MR) is 99.2 cm³/mol. The van der Waals surface area contributed by atoms with Crippen molar-refractivity contribution in [3.05, 3.63) is 59.8 Å². The first-order valence-electron chi connectivity index (χ1n) is 8.25. The highest BCUT2D eigenvalue weighted by Gasteiger charge is 2.14. The van der Waals surface area contributed by atoms with Crippen LogP contribution in [0.3, 0.4) is 0 Å². The van der Waals surface area contributed by atoms with Crippen molar-refractivity contribution >= 4 is 5.91 Å². The lowest BCUT2D eigenvalue weighted by Gasteiger charge is -2.09. The maximum absolute atomic E-state index is 12.3. The lowest BCUT2D eigenvalue weighted by molar-refractivity contribution is 0.0942. The molecule has 0 bridgehead atoms. The monoisotopic (exact) mass is 368 g/mol. The zero-order valence-corrected chi connectivity index (χ0v) is 15.3. The summed E-state index contributed by atoms with van der Waals surface area (Å²) in [5.41, 5.74) is 1.85. The quantitative estimate of drug-likeness (QED) is 0.689. The van der Waals surface area contributed by atoms with E-state index in [4.69, 9.17) is 18.7 Å². The molecule has 1 heterocycles. The van der Waals surface area contributed by atoms with Crippen molar-refractivity contribution in [2.45, 2.75) is 6.54 Å². The third kappa shape index (κ3) is 4.20. The largest absolute Gasteiger partial charge is 0.497 e. The number of aromatic nitrogens is 1. The minimum atomic E-state index is -0.331. The van der Waals surface area contributed by atoms with Gasteiger partial charge in [0.2, 0.25) is 0 Å². The van der Waals surface area contributed by atoms with E-state index in [2.05, 4.69) is 10.5 Å². The van der Waals surface area contributed by atoms with Crippen molar-refractivity contribution in [3.63, 3.8) is 0 Å². The first-order chi connectivity index (χ1) is 13.1. The highest BCUT2D eigenvalue weighted by Crippen LogP contribution is 2.27.